The van der Waals surface area contributed by atoms with Crippen molar-refractivity contribution in [2.24, 2.45) is 0 Å². The zero-order valence-corrected chi connectivity index (χ0v) is 9.79. The molecule has 0 N–H and O–H groups in total. The van der Waals surface area contributed by atoms with E-state index in [1.807, 2.05) is 26.8 Å². The molecule has 1 rings (SSSR count). The Labute approximate surface area is 88.1 Å². The SMILES string of the molecule is CC.CCOC[C@H](C)c1ccccc1. The van der Waals surface area contributed by atoms with Crippen LogP contribution in [0.1, 0.15) is 39.2 Å². The van der Waals surface area contributed by atoms with E-state index in [2.05, 4.69) is 31.2 Å². The van der Waals surface area contributed by atoms with Crippen LogP contribution in [0.25, 0.3) is 0 Å². The number of hydrogen-bond donors (Lipinski definition) is 0. The standard InChI is InChI=1S/C11H16O.C2H6/c1-3-12-9-10(2)11-7-5-4-6-8-11;1-2/h4-8,10H,3,9H2,1-2H3;1-2H3/t10-;/m0./s1. The van der Waals surface area contributed by atoms with Crippen LogP contribution >= 0.6 is 0 Å². The molecule has 0 aliphatic heterocycles. The Balaban J connectivity index is 0.000000791. The van der Waals surface area contributed by atoms with E-state index in [1.165, 1.54) is 5.56 Å². The third-order valence-electron chi connectivity index (χ3n) is 1.94. The first-order valence-corrected chi connectivity index (χ1v) is 5.47. The van der Waals surface area contributed by atoms with Crippen LogP contribution in [-0.2, 0) is 4.74 Å². The van der Waals surface area contributed by atoms with Crippen molar-refractivity contribution in [3.8, 4) is 0 Å². The summed E-state index contributed by atoms with van der Waals surface area (Å²) in [4.78, 5) is 0. The molecule has 0 aromatic heterocycles. The van der Waals surface area contributed by atoms with Gasteiger partial charge in [0.15, 0.2) is 0 Å². The molecular weight excluding hydrogens is 172 g/mol. The van der Waals surface area contributed by atoms with Gasteiger partial charge in [-0.05, 0) is 12.5 Å². The Hall–Kier alpha value is -0.820. The van der Waals surface area contributed by atoms with Crippen molar-refractivity contribution in [1.82, 2.24) is 0 Å². The van der Waals surface area contributed by atoms with Crippen LogP contribution in [0.2, 0.25) is 0 Å². The highest BCUT2D eigenvalue weighted by atomic mass is 16.5. The van der Waals surface area contributed by atoms with Gasteiger partial charge in [-0.15, -0.1) is 0 Å². The van der Waals surface area contributed by atoms with Gasteiger partial charge in [-0.3, -0.25) is 0 Å². The van der Waals surface area contributed by atoms with E-state index in [4.69, 9.17) is 4.74 Å². The first-order valence-electron chi connectivity index (χ1n) is 5.47. The molecule has 1 nitrogen and oxygen atoms in total. The normalized spacial score (nSPS) is 11.4. The zero-order chi connectivity index (χ0) is 10.8. The van der Waals surface area contributed by atoms with Crippen molar-refractivity contribution in [3.05, 3.63) is 35.9 Å². The van der Waals surface area contributed by atoms with Gasteiger partial charge in [0.1, 0.15) is 0 Å². The zero-order valence-electron chi connectivity index (χ0n) is 9.79. The highest BCUT2D eigenvalue weighted by Crippen LogP contribution is 2.14. The van der Waals surface area contributed by atoms with Gasteiger partial charge in [-0.2, -0.15) is 0 Å². The molecule has 14 heavy (non-hydrogen) atoms. The molecule has 1 aromatic carbocycles. The largest absolute Gasteiger partial charge is 0.381 e. The summed E-state index contributed by atoms with van der Waals surface area (Å²) < 4.78 is 5.35. The Kier molecular flexibility index (Phi) is 8.25. The lowest BCUT2D eigenvalue weighted by Gasteiger charge is -2.10. The molecule has 0 radical (unpaired) electrons. The molecular formula is C13H22O. The van der Waals surface area contributed by atoms with Gasteiger partial charge < -0.3 is 4.74 Å². The van der Waals surface area contributed by atoms with Gasteiger partial charge in [0.25, 0.3) is 0 Å². The summed E-state index contributed by atoms with van der Waals surface area (Å²) in [5.41, 5.74) is 1.35. The average Bonchev–Trinajstić information content (AvgIpc) is 2.30. The van der Waals surface area contributed by atoms with Crippen molar-refractivity contribution < 1.29 is 4.74 Å². The average molecular weight is 194 g/mol. The molecule has 1 aromatic rings. The molecule has 0 aliphatic rings. The fourth-order valence-corrected chi connectivity index (χ4v) is 1.17. The van der Waals surface area contributed by atoms with Crippen molar-refractivity contribution in [2.45, 2.75) is 33.6 Å². The lowest BCUT2D eigenvalue weighted by Crippen LogP contribution is -2.03. The molecule has 0 saturated heterocycles. The predicted octanol–water partition coefficient (Wildman–Crippen LogP) is 3.85. The molecule has 0 fully saturated rings. The summed E-state index contributed by atoms with van der Waals surface area (Å²) in [5.74, 6) is 0.506. The maximum Gasteiger partial charge on any atom is 0.0531 e. The second-order valence-electron chi connectivity index (χ2n) is 2.97. The van der Waals surface area contributed by atoms with E-state index >= 15 is 0 Å². The van der Waals surface area contributed by atoms with Gasteiger partial charge in [0.2, 0.25) is 0 Å². The van der Waals surface area contributed by atoms with Crippen LogP contribution in [0.5, 0.6) is 0 Å². The number of rotatable bonds is 4. The minimum absolute atomic E-state index is 0.506. The molecule has 0 heterocycles. The van der Waals surface area contributed by atoms with Gasteiger partial charge in [-0.25, -0.2) is 0 Å². The van der Waals surface area contributed by atoms with Crippen LogP contribution in [0.4, 0.5) is 0 Å². The highest BCUT2D eigenvalue weighted by Gasteiger charge is 2.02. The number of ether oxygens (including phenoxy) is 1. The number of benzene rings is 1. The van der Waals surface area contributed by atoms with Gasteiger partial charge >= 0.3 is 0 Å². The maximum atomic E-state index is 5.35. The van der Waals surface area contributed by atoms with Crippen molar-refractivity contribution in [3.63, 3.8) is 0 Å². The monoisotopic (exact) mass is 194 g/mol. The van der Waals surface area contributed by atoms with E-state index in [0.717, 1.165) is 13.2 Å². The van der Waals surface area contributed by atoms with Crippen molar-refractivity contribution >= 4 is 0 Å². The van der Waals surface area contributed by atoms with Crippen LogP contribution in [0, 0.1) is 0 Å². The van der Waals surface area contributed by atoms with E-state index in [9.17, 15) is 0 Å². The summed E-state index contributed by atoms with van der Waals surface area (Å²) in [6, 6.07) is 10.5. The molecule has 0 bridgehead atoms. The fourth-order valence-electron chi connectivity index (χ4n) is 1.17. The predicted molar refractivity (Wildman–Crippen MR) is 62.7 cm³/mol. The van der Waals surface area contributed by atoms with Crippen molar-refractivity contribution in [2.75, 3.05) is 13.2 Å². The highest BCUT2D eigenvalue weighted by molar-refractivity contribution is 5.18. The Morgan fingerprint density at radius 1 is 1.14 bits per heavy atom. The van der Waals surface area contributed by atoms with E-state index in [0.29, 0.717) is 5.92 Å². The first kappa shape index (κ1) is 13.2. The molecule has 1 heteroatoms. The lowest BCUT2D eigenvalue weighted by atomic mass is 10.0. The van der Waals surface area contributed by atoms with Crippen LogP contribution in [-0.4, -0.2) is 13.2 Å². The van der Waals surface area contributed by atoms with E-state index in [1.54, 1.807) is 0 Å². The summed E-state index contributed by atoms with van der Waals surface area (Å²) in [7, 11) is 0. The van der Waals surface area contributed by atoms with Crippen LogP contribution in [0.15, 0.2) is 30.3 Å². The molecule has 0 aliphatic carbocycles. The fraction of sp³-hybridized carbons (Fsp3) is 0.538. The molecule has 0 spiro atoms. The van der Waals surface area contributed by atoms with Gasteiger partial charge in [0, 0.05) is 12.5 Å². The van der Waals surface area contributed by atoms with Gasteiger partial charge in [0.05, 0.1) is 6.61 Å². The Bertz CT molecular complexity index is 206. The molecule has 0 unspecified atom stereocenters. The summed E-state index contributed by atoms with van der Waals surface area (Å²) in [6.45, 7) is 9.83. The lowest BCUT2D eigenvalue weighted by molar-refractivity contribution is 0.136. The summed E-state index contributed by atoms with van der Waals surface area (Å²) in [6.07, 6.45) is 0. The molecule has 0 saturated carbocycles. The van der Waals surface area contributed by atoms with Crippen molar-refractivity contribution in [1.29, 1.82) is 0 Å². The summed E-state index contributed by atoms with van der Waals surface area (Å²) in [5, 5.41) is 0. The third-order valence-corrected chi connectivity index (χ3v) is 1.94. The van der Waals surface area contributed by atoms with Crippen LogP contribution in [0.3, 0.4) is 0 Å². The first-order chi connectivity index (χ1) is 6.84. The second kappa shape index (κ2) is 8.76. The third kappa shape index (κ3) is 5.03. The molecule has 1 atom stereocenters. The molecule has 0 amide bonds. The molecule has 80 valence electrons. The Morgan fingerprint density at radius 3 is 2.21 bits per heavy atom. The quantitative estimate of drug-likeness (QED) is 0.707. The minimum Gasteiger partial charge on any atom is -0.381 e. The van der Waals surface area contributed by atoms with E-state index in [-0.39, 0.29) is 0 Å². The topological polar surface area (TPSA) is 9.23 Å². The van der Waals surface area contributed by atoms with Gasteiger partial charge in [-0.1, -0.05) is 51.1 Å². The Morgan fingerprint density at radius 2 is 1.71 bits per heavy atom. The van der Waals surface area contributed by atoms with Crippen LogP contribution < -0.4 is 0 Å². The second-order valence-corrected chi connectivity index (χ2v) is 2.97. The minimum atomic E-state index is 0.506. The smallest absolute Gasteiger partial charge is 0.0531 e. The summed E-state index contributed by atoms with van der Waals surface area (Å²) >= 11 is 0. The number of hydrogen-bond acceptors (Lipinski definition) is 1. The van der Waals surface area contributed by atoms with E-state index < -0.39 is 0 Å². The maximum absolute atomic E-state index is 5.35.